The fourth-order valence-corrected chi connectivity index (χ4v) is 1.65. The molecule has 0 radical (unpaired) electrons. The van der Waals surface area contributed by atoms with E-state index in [1.807, 2.05) is 31.2 Å². The SMILES string of the molecule is CCc1ccccc1NC(=O)Nc1cc(C)on1. The van der Waals surface area contributed by atoms with E-state index >= 15 is 0 Å². The molecule has 2 aromatic rings. The van der Waals surface area contributed by atoms with E-state index in [9.17, 15) is 4.79 Å². The van der Waals surface area contributed by atoms with Crippen molar-refractivity contribution in [2.24, 2.45) is 0 Å². The molecule has 1 aromatic carbocycles. The largest absolute Gasteiger partial charge is 0.360 e. The zero-order valence-corrected chi connectivity index (χ0v) is 10.4. The van der Waals surface area contributed by atoms with Crippen molar-refractivity contribution in [2.75, 3.05) is 10.6 Å². The molecule has 0 aliphatic carbocycles. The Morgan fingerprint density at radius 1 is 1.33 bits per heavy atom. The summed E-state index contributed by atoms with van der Waals surface area (Å²) < 4.78 is 4.87. The first-order chi connectivity index (χ1) is 8.69. The Balaban J connectivity index is 2.03. The summed E-state index contributed by atoms with van der Waals surface area (Å²) in [7, 11) is 0. The van der Waals surface area contributed by atoms with Crippen LogP contribution in [0.25, 0.3) is 0 Å². The van der Waals surface area contributed by atoms with E-state index in [-0.39, 0.29) is 6.03 Å². The zero-order chi connectivity index (χ0) is 13.0. The Hall–Kier alpha value is -2.30. The van der Waals surface area contributed by atoms with E-state index in [0.29, 0.717) is 11.6 Å². The minimum Gasteiger partial charge on any atom is -0.360 e. The van der Waals surface area contributed by atoms with Crippen molar-refractivity contribution >= 4 is 17.5 Å². The number of para-hydroxylation sites is 1. The van der Waals surface area contributed by atoms with Crippen LogP contribution < -0.4 is 10.6 Å². The van der Waals surface area contributed by atoms with Crippen LogP contribution in [-0.4, -0.2) is 11.2 Å². The van der Waals surface area contributed by atoms with Gasteiger partial charge in [0.15, 0.2) is 5.82 Å². The van der Waals surface area contributed by atoms with Gasteiger partial charge >= 0.3 is 6.03 Å². The van der Waals surface area contributed by atoms with Gasteiger partial charge in [0.05, 0.1) is 0 Å². The number of anilines is 2. The van der Waals surface area contributed by atoms with Gasteiger partial charge in [-0.2, -0.15) is 0 Å². The summed E-state index contributed by atoms with van der Waals surface area (Å²) in [5.74, 6) is 1.05. The summed E-state index contributed by atoms with van der Waals surface area (Å²) in [6, 6.07) is 9.01. The lowest BCUT2D eigenvalue weighted by atomic mass is 10.1. The topological polar surface area (TPSA) is 67.2 Å². The van der Waals surface area contributed by atoms with Crippen LogP contribution in [0, 0.1) is 6.92 Å². The van der Waals surface area contributed by atoms with Crippen molar-refractivity contribution in [2.45, 2.75) is 20.3 Å². The van der Waals surface area contributed by atoms with E-state index < -0.39 is 0 Å². The summed E-state index contributed by atoms with van der Waals surface area (Å²) in [6.07, 6.45) is 0.861. The van der Waals surface area contributed by atoms with Gasteiger partial charge in [-0.25, -0.2) is 4.79 Å². The summed E-state index contributed by atoms with van der Waals surface area (Å²) in [4.78, 5) is 11.8. The molecule has 0 spiro atoms. The van der Waals surface area contributed by atoms with Crippen LogP contribution in [-0.2, 0) is 6.42 Å². The zero-order valence-electron chi connectivity index (χ0n) is 10.4. The van der Waals surface area contributed by atoms with Gasteiger partial charge in [-0.15, -0.1) is 0 Å². The van der Waals surface area contributed by atoms with Crippen molar-refractivity contribution in [1.29, 1.82) is 0 Å². The number of amides is 2. The van der Waals surface area contributed by atoms with Gasteiger partial charge in [0.2, 0.25) is 0 Å². The molecule has 0 aliphatic heterocycles. The minimum atomic E-state index is -0.329. The summed E-state index contributed by atoms with van der Waals surface area (Å²) in [6.45, 7) is 3.81. The number of rotatable bonds is 3. The van der Waals surface area contributed by atoms with Crippen molar-refractivity contribution in [3.05, 3.63) is 41.7 Å². The van der Waals surface area contributed by atoms with Crippen LogP contribution in [0.15, 0.2) is 34.9 Å². The van der Waals surface area contributed by atoms with Gasteiger partial charge in [-0.1, -0.05) is 30.3 Å². The van der Waals surface area contributed by atoms with Gasteiger partial charge in [-0.3, -0.25) is 5.32 Å². The van der Waals surface area contributed by atoms with Crippen LogP contribution in [0.3, 0.4) is 0 Å². The smallest absolute Gasteiger partial charge is 0.324 e. The van der Waals surface area contributed by atoms with E-state index in [1.165, 1.54) is 0 Å². The second-order valence-corrected chi connectivity index (χ2v) is 3.91. The first-order valence-electron chi connectivity index (χ1n) is 5.78. The lowest BCUT2D eigenvalue weighted by Gasteiger charge is -2.09. The summed E-state index contributed by atoms with van der Waals surface area (Å²) in [5.41, 5.74) is 1.89. The molecule has 0 aliphatic rings. The molecule has 0 saturated heterocycles. The number of carbonyl (C=O) groups excluding carboxylic acids is 1. The maximum absolute atomic E-state index is 11.8. The molecule has 0 bridgehead atoms. The van der Waals surface area contributed by atoms with E-state index in [4.69, 9.17) is 4.52 Å². The second kappa shape index (κ2) is 5.35. The number of hydrogen-bond acceptors (Lipinski definition) is 3. The molecule has 94 valence electrons. The van der Waals surface area contributed by atoms with Crippen molar-refractivity contribution in [3.8, 4) is 0 Å². The number of aryl methyl sites for hydroxylation is 2. The molecular weight excluding hydrogens is 230 g/mol. The van der Waals surface area contributed by atoms with E-state index in [2.05, 4.69) is 15.8 Å². The average molecular weight is 245 g/mol. The first-order valence-corrected chi connectivity index (χ1v) is 5.78. The molecule has 2 rings (SSSR count). The lowest BCUT2D eigenvalue weighted by Crippen LogP contribution is -2.20. The molecule has 5 nitrogen and oxygen atoms in total. The van der Waals surface area contributed by atoms with Crippen LogP contribution in [0.4, 0.5) is 16.3 Å². The summed E-state index contributed by atoms with van der Waals surface area (Å²) >= 11 is 0. The molecule has 0 atom stereocenters. The van der Waals surface area contributed by atoms with Gasteiger partial charge in [0, 0.05) is 11.8 Å². The predicted octanol–water partition coefficient (Wildman–Crippen LogP) is 3.19. The standard InChI is InChI=1S/C13H15N3O2/c1-3-10-6-4-5-7-11(10)14-13(17)15-12-8-9(2)18-16-12/h4-8H,3H2,1-2H3,(H2,14,15,16,17). The first kappa shape index (κ1) is 12.2. The number of urea groups is 1. The molecule has 0 unspecified atom stereocenters. The number of hydrogen-bond donors (Lipinski definition) is 2. The number of aromatic nitrogens is 1. The molecular formula is C13H15N3O2. The third-order valence-corrected chi connectivity index (χ3v) is 2.52. The van der Waals surface area contributed by atoms with Crippen molar-refractivity contribution in [3.63, 3.8) is 0 Å². The Bertz CT molecular complexity index is 549. The summed E-state index contributed by atoms with van der Waals surface area (Å²) in [5, 5.41) is 9.09. The Morgan fingerprint density at radius 2 is 2.11 bits per heavy atom. The maximum Gasteiger partial charge on any atom is 0.324 e. The number of nitrogens with one attached hydrogen (secondary N) is 2. The van der Waals surface area contributed by atoms with Crippen LogP contribution in [0.5, 0.6) is 0 Å². The second-order valence-electron chi connectivity index (χ2n) is 3.91. The molecule has 1 heterocycles. The number of benzene rings is 1. The van der Waals surface area contributed by atoms with Crippen LogP contribution in [0.1, 0.15) is 18.2 Å². The number of carbonyl (C=O) groups is 1. The highest BCUT2D eigenvalue weighted by Gasteiger charge is 2.07. The molecule has 2 N–H and O–H groups in total. The number of nitrogens with zero attached hydrogens (tertiary/aromatic N) is 1. The molecule has 18 heavy (non-hydrogen) atoms. The maximum atomic E-state index is 11.8. The van der Waals surface area contributed by atoms with Gasteiger partial charge in [0.25, 0.3) is 0 Å². The normalized spacial score (nSPS) is 10.1. The Labute approximate surface area is 105 Å². The van der Waals surface area contributed by atoms with Crippen LogP contribution in [0.2, 0.25) is 0 Å². The van der Waals surface area contributed by atoms with Gasteiger partial charge < -0.3 is 9.84 Å². The van der Waals surface area contributed by atoms with Crippen molar-refractivity contribution < 1.29 is 9.32 Å². The van der Waals surface area contributed by atoms with E-state index in [0.717, 1.165) is 17.7 Å². The molecule has 0 saturated carbocycles. The van der Waals surface area contributed by atoms with Crippen molar-refractivity contribution in [1.82, 2.24) is 5.16 Å². The third kappa shape index (κ3) is 2.88. The molecule has 1 aromatic heterocycles. The molecule has 5 heteroatoms. The highest BCUT2D eigenvalue weighted by molar-refractivity contribution is 5.99. The highest BCUT2D eigenvalue weighted by Crippen LogP contribution is 2.16. The predicted molar refractivity (Wildman–Crippen MR) is 69.7 cm³/mol. The van der Waals surface area contributed by atoms with E-state index in [1.54, 1.807) is 13.0 Å². The highest BCUT2D eigenvalue weighted by atomic mass is 16.5. The lowest BCUT2D eigenvalue weighted by molar-refractivity contribution is 0.262. The monoisotopic (exact) mass is 245 g/mol. The van der Waals surface area contributed by atoms with Gasteiger partial charge in [0.1, 0.15) is 5.76 Å². The van der Waals surface area contributed by atoms with Crippen LogP contribution >= 0.6 is 0 Å². The fourth-order valence-electron chi connectivity index (χ4n) is 1.65. The quantitative estimate of drug-likeness (QED) is 0.872. The Kier molecular flexibility index (Phi) is 3.62. The fraction of sp³-hybridized carbons (Fsp3) is 0.231. The third-order valence-electron chi connectivity index (χ3n) is 2.52. The molecule has 2 amide bonds. The molecule has 0 fully saturated rings. The Morgan fingerprint density at radius 3 is 2.78 bits per heavy atom. The van der Waals surface area contributed by atoms with Gasteiger partial charge in [-0.05, 0) is 25.0 Å². The minimum absolute atomic E-state index is 0.329. The average Bonchev–Trinajstić information content (AvgIpc) is 2.75.